The van der Waals surface area contributed by atoms with Crippen LogP contribution in [0.15, 0.2) is 0 Å². The molecule has 5 heteroatoms. The first-order valence-corrected chi connectivity index (χ1v) is 7.48. The molecule has 0 aromatic carbocycles. The van der Waals surface area contributed by atoms with E-state index < -0.39 is 4.27 Å². The molecule has 0 radical (unpaired) electrons. The summed E-state index contributed by atoms with van der Waals surface area (Å²) in [5.41, 5.74) is 2.78. The quantitative estimate of drug-likeness (QED) is 0.192. The van der Waals surface area contributed by atoms with Crippen LogP contribution in [0.2, 0.25) is 0 Å². The van der Waals surface area contributed by atoms with Crippen LogP contribution in [0, 0.1) is 0 Å². The van der Waals surface area contributed by atoms with Gasteiger partial charge >= 0.3 is 0 Å². The molecule has 0 heterocycles. The maximum Gasteiger partial charge on any atom is 0.198 e. The molecule has 0 bridgehead atoms. The maximum absolute atomic E-state index is 8.82. The van der Waals surface area contributed by atoms with Gasteiger partial charge in [-0.2, -0.15) is 5.48 Å². The number of nitrogens with one attached hydrogen (secondary N) is 1. The third kappa shape index (κ3) is 12.8. The number of rotatable bonds is 12. The Bertz CT molecular complexity index is 169. The summed E-state index contributed by atoms with van der Waals surface area (Å²) in [7, 11) is 0. The summed E-state index contributed by atoms with van der Waals surface area (Å²) in [6.45, 7) is 2.78. The lowest BCUT2D eigenvalue weighted by molar-refractivity contribution is -0.0208. The van der Waals surface area contributed by atoms with Gasteiger partial charge in [0.2, 0.25) is 0 Å². The van der Waals surface area contributed by atoms with E-state index in [-0.39, 0.29) is 6.61 Å². The van der Waals surface area contributed by atoms with Crippen molar-refractivity contribution >= 4 is 25.3 Å². The Labute approximate surface area is 116 Å². The molecule has 0 saturated heterocycles. The highest BCUT2D eigenvalue weighted by Gasteiger charge is 2.19. The first kappa shape index (κ1) is 17.6. The summed E-state index contributed by atoms with van der Waals surface area (Å²) in [5, 5.41) is 8.82. The number of unbranched alkanes of at least 4 members (excludes halogenated alkanes) is 7. The maximum atomic E-state index is 8.82. The van der Waals surface area contributed by atoms with Gasteiger partial charge in [0.1, 0.15) is 0 Å². The van der Waals surface area contributed by atoms with Crippen molar-refractivity contribution in [3.05, 3.63) is 0 Å². The molecule has 0 amide bonds. The van der Waals surface area contributed by atoms with E-state index >= 15 is 0 Å². The van der Waals surface area contributed by atoms with Gasteiger partial charge in [0.15, 0.2) is 4.27 Å². The van der Waals surface area contributed by atoms with Crippen LogP contribution in [0.5, 0.6) is 0 Å². The van der Waals surface area contributed by atoms with E-state index in [4.69, 9.17) is 9.94 Å². The van der Waals surface area contributed by atoms with E-state index in [1.54, 1.807) is 0 Å². The van der Waals surface area contributed by atoms with Crippen LogP contribution in [0.3, 0.4) is 0 Å². The fourth-order valence-electron chi connectivity index (χ4n) is 1.53. The largest absolute Gasteiger partial charge is 0.391 e. The van der Waals surface area contributed by atoms with Crippen molar-refractivity contribution < 1.29 is 9.94 Å². The zero-order chi connectivity index (χ0) is 13.0. The summed E-state index contributed by atoms with van der Waals surface area (Å²) in [6, 6.07) is 0. The van der Waals surface area contributed by atoms with Crippen molar-refractivity contribution in [1.82, 2.24) is 5.48 Å². The highest BCUT2D eigenvalue weighted by molar-refractivity contribution is 8.00. The zero-order valence-electron chi connectivity index (χ0n) is 10.8. The molecule has 0 aliphatic carbocycles. The Kier molecular flexibility index (Phi) is 12.1. The third-order valence-corrected chi connectivity index (χ3v) is 3.04. The van der Waals surface area contributed by atoms with Crippen LogP contribution < -0.4 is 5.48 Å². The highest BCUT2D eigenvalue weighted by Crippen LogP contribution is 2.18. The molecule has 0 saturated carbocycles. The van der Waals surface area contributed by atoms with E-state index in [0.717, 1.165) is 13.0 Å². The van der Waals surface area contributed by atoms with E-state index in [9.17, 15) is 0 Å². The molecule has 0 aromatic heterocycles. The van der Waals surface area contributed by atoms with Crippen LogP contribution in [0.25, 0.3) is 0 Å². The van der Waals surface area contributed by atoms with Gasteiger partial charge < -0.3 is 5.11 Å². The molecule has 0 rings (SSSR count). The Morgan fingerprint density at radius 2 is 1.53 bits per heavy atom. The fourth-order valence-corrected chi connectivity index (χ4v) is 1.66. The summed E-state index contributed by atoms with van der Waals surface area (Å²) < 4.78 is -1.08. The van der Waals surface area contributed by atoms with Gasteiger partial charge in [-0.1, -0.05) is 51.9 Å². The van der Waals surface area contributed by atoms with Crippen LogP contribution in [0.1, 0.15) is 58.3 Å². The number of aliphatic hydroxyl groups excluding tert-OH is 1. The van der Waals surface area contributed by atoms with Gasteiger partial charge in [-0.3, -0.25) is 4.84 Å². The van der Waals surface area contributed by atoms with Crippen LogP contribution in [-0.4, -0.2) is 22.5 Å². The monoisotopic (exact) mass is 281 g/mol. The second kappa shape index (κ2) is 11.7. The van der Waals surface area contributed by atoms with Gasteiger partial charge in [0.05, 0.1) is 6.61 Å². The van der Waals surface area contributed by atoms with Gasteiger partial charge in [0.25, 0.3) is 0 Å². The van der Waals surface area contributed by atoms with Crippen molar-refractivity contribution in [3.63, 3.8) is 0 Å². The molecule has 0 atom stereocenters. The Morgan fingerprint density at radius 1 is 1.00 bits per heavy atom. The van der Waals surface area contributed by atoms with Gasteiger partial charge in [-0.05, 0) is 6.42 Å². The first-order valence-electron chi connectivity index (χ1n) is 6.59. The predicted molar refractivity (Wildman–Crippen MR) is 79.5 cm³/mol. The average molecular weight is 281 g/mol. The number of thiol groups is 2. The van der Waals surface area contributed by atoms with Gasteiger partial charge in [-0.25, -0.2) is 0 Å². The predicted octanol–water partition coefficient (Wildman–Crippen LogP) is 3.15. The zero-order valence-corrected chi connectivity index (χ0v) is 12.6. The van der Waals surface area contributed by atoms with Crippen molar-refractivity contribution in [3.8, 4) is 0 Å². The third-order valence-electron chi connectivity index (χ3n) is 2.57. The number of hydrogen-bond acceptors (Lipinski definition) is 5. The molecule has 104 valence electrons. The molecule has 0 aliphatic heterocycles. The lowest BCUT2D eigenvalue weighted by Crippen LogP contribution is -2.31. The number of hydrogen-bond donors (Lipinski definition) is 4. The fraction of sp³-hybridized carbons (Fsp3) is 1.00. The lowest BCUT2D eigenvalue weighted by atomic mass is 10.1. The molecule has 0 spiro atoms. The molecule has 17 heavy (non-hydrogen) atoms. The Morgan fingerprint density at radius 3 is 2.06 bits per heavy atom. The lowest BCUT2D eigenvalue weighted by Gasteiger charge is -2.19. The van der Waals surface area contributed by atoms with E-state index in [2.05, 4.69) is 37.7 Å². The van der Waals surface area contributed by atoms with Crippen molar-refractivity contribution in [2.45, 2.75) is 62.6 Å². The summed E-state index contributed by atoms with van der Waals surface area (Å²) in [6.07, 6.45) is 10.3. The second-order valence-electron chi connectivity index (χ2n) is 4.37. The molecular weight excluding hydrogens is 254 g/mol. The SMILES string of the molecule is CCCCCCCCCCNOC(S)(S)CO. The Balaban J connectivity index is 3.09. The molecular formula is C12H27NO2S2. The standard InChI is InChI=1S/C12H27NO2S2/c1-2-3-4-5-6-7-8-9-10-13-15-12(16,17)11-14/h13-14,16-17H,2-11H2,1H3. The van der Waals surface area contributed by atoms with Crippen molar-refractivity contribution in [2.24, 2.45) is 0 Å². The molecule has 3 nitrogen and oxygen atoms in total. The summed E-state index contributed by atoms with van der Waals surface area (Å²) in [4.78, 5) is 5.07. The topological polar surface area (TPSA) is 41.5 Å². The van der Waals surface area contributed by atoms with Gasteiger partial charge in [-0.15, -0.1) is 25.3 Å². The second-order valence-corrected chi connectivity index (χ2v) is 6.17. The van der Waals surface area contributed by atoms with Crippen molar-refractivity contribution in [2.75, 3.05) is 13.2 Å². The minimum atomic E-state index is -1.08. The molecule has 0 aliphatic rings. The van der Waals surface area contributed by atoms with Crippen LogP contribution >= 0.6 is 25.3 Å². The van der Waals surface area contributed by atoms with Crippen LogP contribution in [0.4, 0.5) is 0 Å². The minimum Gasteiger partial charge on any atom is -0.391 e. The summed E-state index contributed by atoms with van der Waals surface area (Å²) in [5.74, 6) is 0. The molecule has 2 N–H and O–H groups in total. The van der Waals surface area contributed by atoms with E-state index in [0.29, 0.717) is 0 Å². The number of hydroxylamine groups is 1. The minimum absolute atomic E-state index is 0.232. The van der Waals surface area contributed by atoms with Crippen molar-refractivity contribution in [1.29, 1.82) is 0 Å². The normalized spacial score (nSPS) is 12.0. The summed E-state index contributed by atoms with van der Waals surface area (Å²) >= 11 is 8.01. The number of aliphatic hydroxyl groups is 1. The smallest absolute Gasteiger partial charge is 0.198 e. The van der Waals surface area contributed by atoms with Gasteiger partial charge in [0, 0.05) is 6.54 Å². The van der Waals surface area contributed by atoms with E-state index in [1.807, 2.05) is 0 Å². The first-order chi connectivity index (χ1) is 8.12. The average Bonchev–Trinajstić information content (AvgIpc) is 2.31. The highest BCUT2D eigenvalue weighted by atomic mass is 32.2. The molecule has 0 aromatic rings. The van der Waals surface area contributed by atoms with E-state index in [1.165, 1.54) is 44.9 Å². The van der Waals surface area contributed by atoms with Crippen LogP contribution in [-0.2, 0) is 4.84 Å². The Hall–Kier alpha value is 0.580. The molecule has 0 fully saturated rings. The molecule has 0 unspecified atom stereocenters.